The fourth-order valence-electron chi connectivity index (χ4n) is 2.68. The fraction of sp³-hybridized carbons (Fsp3) is 0.111. The van der Waals surface area contributed by atoms with Gasteiger partial charge in [0.2, 0.25) is 11.7 Å². The number of thioether (sulfide) groups is 1. The number of nitrogens with one attached hydrogen (secondary N) is 2. The second kappa shape index (κ2) is 6.90. The predicted molar refractivity (Wildman–Crippen MR) is 100.0 cm³/mol. The molecule has 2 N–H and O–H groups in total. The van der Waals surface area contributed by atoms with E-state index in [9.17, 15) is 4.79 Å². The van der Waals surface area contributed by atoms with Gasteiger partial charge in [-0.1, -0.05) is 36.0 Å². The van der Waals surface area contributed by atoms with Gasteiger partial charge in [-0.05, 0) is 24.3 Å². The van der Waals surface area contributed by atoms with E-state index in [-0.39, 0.29) is 5.91 Å². The zero-order chi connectivity index (χ0) is 17.9. The lowest BCUT2D eigenvalue weighted by Gasteiger charge is -2.06. The highest BCUT2D eigenvalue weighted by atomic mass is 32.2. The summed E-state index contributed by atoms with van der Waals surface area (Å²) < 4.78 is 1.95. The number of para-hydroxylation sites is 3. The molecule has 1 amide bonds. The fourth-order valence-corrected chi connectivity index (χ4v) is 3.57. The SMILES string of the molecule is N#Cc1ccccc1NC(=O)CCSc1n[nH]c2nc3ccccc3n12. The summed E-state index contributed by atoms with van der Waals surface area (Å²) >= 11 is 1.48. The highest BCUT2D eigenvalue weighted by molar-refractivity contribution is 7.99. The van der Waals surface area contributed by atoms with Crippen molar-refractivity contribution >= 4 is 40.2 Å². The zero-order valence-corrected chi connectivity index (χ0v) is 14.5. The molecule has 0 aliphatic carbocycles. The van der Waals surface area contributed by atoms with Crippen LogP contribution in [0.1, 0.15) is 12.0 Å². The van der Waals surface area contributed by atoms with Crippen LogP contribution in [0.3, 0.4) is 0 Å². The quantitative estimate of drug-likeness (QED) is 0.531. The lowest BCUT2D eigenvalue weighted by molar-refractivity contribution is -0.115. The Morgan fingerprint density at radius 1 is 1.23 bits per heavy atom. The van der Waals surface area contributed by atoms with Crippen LogP contribution in [-0.4, -0.2) is 31.2 Å². The summed E-state index contributed by atoms with van der Waals surface area (Å²) in [4.78, 5) is 16.6. The molecule has 0 spiro atoms. The summed E-state index contributed by atoms with van der Waals surface area (Å²) in [6.45, 7) is 0. The summed E-state index contributed by atoms with van der Waals surface area (Å²) in [5.41, 5.74) is 2.86. The third kappa shape index (κ3) is 3.00. The normalized spacial score (nSPS) is 10.9. The maximum Gasteiger partial charge on any atom is 0.231 e. The third-order valence-electron chi connectivity index (χ3n) is 3.89. The minimum atomic E-state index is -0.137. The molecular formula is C18H14N6OS. The van der Waals surface area contributed by atoms with Gasteiger partial charge in [0.15, 0.2) is 5.16 Å². The number of nitriles is 1. The number of rotatable bonds is 5. The van der Waals surface area contributed by atoms with Crippen LogP contribution in [0.15, 0.2) is 53.7 Å². The number of anilines is 1. The molecule has 128 valence electrons. The lowest BCUT2D eigenvalue weighted by atomic mass is 10.2. The van der Waals surface area contributed by atoms with Crippen molar-refractivity contribution in [3.05, 3.63) is 54.1 Å². The number of carbonyl (C=O) groups excluding carboxylic acids is 1. The van der Waals surface area contributed by atoms with Crippen molar-refractivity contribution < 1.29 is 4.79 Å². The van der Waals surface area contributed by atoms with Crippen molar-refractivity contribution in [2.24, 2.45) is 0 Å². The van der Waals surface area contributed by atoms with Gasteiger partial charge >= 0.3 is 0 Å². The van der Waals surface area contributed by atoms with Gasteiger partial charge < -0.3 is 5.32 Å². The first-order valence-corrected chi connectivity index (χ1v) is 8.98. The van der Waals surface area contributed by atoms with Gasteiger partial charge in [0.1, 0.15) is 6.07 Å². The van der Waals surface area contributed by atoms with Gasteiger partial charge in [-0.2, -0.15) is 5.26 Å². The van der Waals surface area contributed by atoms with E-state index >= 15 is 0 Å². The molecule has 0 saturated carbocycles. The number of fused-ring (bicyclic) bond motifs is 3. The molecule has 2 heterocycles. The van der Waals surface area contributed by atoms with Crippen LogP contribution in [0, 0.1) is 11.3 Å². The first-order chi connectivity index (χ1) is 12.8. The maximum absolute atomic E-state index is 12.2. The molecule has 8 heteroatoms. The smallest absolute Gasteiger partial charge is 0.231 e. The summed E-state index contributed by atoms with van der Waals surface area (Å²) in [6, 6.07) is 16.9. The molecule has 0 bridgehead atoms. The van der Waals surface area contributed by atoms with Crippen LogP contribution in [0.5, 0.6) is 0 Å². The van der Waals surface area contributed by atoms with Crippen LogP contribution in [0.25, 0.3) is 16.8 Å². The van der Waals surface area contributed by atoms with Crippen molar-refractivity contribution in [2.75, 3.05) is 11.1 Å². The van der Waals surface area contributed by atoms with E-state index in [0.29, 0.717) is 29.2 Å². The topological polar surface area (TPSA) is 98.9 Å². The molecule has 4 aromatic rings. The Kier molecular flexibility index (Phi) is 4.29. The minimum absolute atomic E-state index is 0.137. The molecular weight excluding hydrogens is 348 g/mol. The molecule has 0 aliphatic rings. The summed E-state index contributed by atoms with van der Waals surface area (Å²) in [5, 5.41) is 19.8. The van der Waals surface area contributed by atoms with E-state index in [2.05, 4.69) is 26.6 Å². The minimum Gasteiger partial charge on any atom is -0.325 e. The molecule has 0 aliphatic heterocycles. The van der Waals surface area contributed by atoms with Crippen molar-refractivity contribution in [3.63, 3.8) is 0 Å². The van der Waals surface area contributed by atoms with Crippen molar-refractivity contribution in [3.8, 4) is 6.07 Å². The number of hydrogen-bond acceptors (Lipinski definition) is 5. The van der Waals surface area contributed by atoms with Gasteiger partial charge in [-0.15, -0.1) is 5.10 Å². The molecule has 2 aromatic heterocycles. The average Bonchev–Trinajstić information content (AvgIpc) is 3.22. The number of benzene rings is 2. The number of H-pyrrole nitrogens is 1. The van der Waals surface area contributed by atoms with Crippen LogP contribution in [0.2, 0.25) is 0 Å². The Balaban J connectivity index is 1.43. The molecule has 0 radical (unpaired) electrons. The molecule has 0 fully saturated rings. The number of hydrogen-bond donors (Lipinski definition) is 2. The number of aromatic nitrogens is 4. The predicted octanol–water partition coefficient (Wildman–Crippen LogP) is 3.20. The van der Waals surface area contributed by atoms with E-state index < -0.39 is 0 Å². The Bertz CT molecular complexity index is 1140. The van der Waals surface area contributed by atoms with Crippen LogP contribution in [-0.2, 0) is 4.79 Å². The van der Waals surface area contributed by atoms with E-state index in [1.807, 2.05) is 28.7 Å². The van der Waals surface area contributed by atoms with Gasteiger partial charge in [-0.3, -0.25) is 9.20 Å². The Morgan fingerprint density at radius 2 is 2.04 bits per heavy atom. The first-order valence-electron chi connectivity index (χ1n) is 7.99. The molecule has 2 aromatic carbocycles. The number of aromatic amines is 1. The van der Waals surface area contributed by atoms with Crippen LogP contribution < -0.4 is 5.32 Å². The Morgan fingerprint density at radius 3 is 2.92 bits per heavy atom. The van der Waals surface area contributed by atoms with Crippen LogP contribution in [0.4, 0.5) is 5.69 Å². The van der Waals surface area contributed by atoms with Crippen LogP contribution >= 0.6 is 11.8 Å². The summed E-state index contributed by atoms with van der Waals surface area (Å²) in [7, 11) is 0. The number of nitrogens with zero attached hydrogens (tertiary/aromatic N) is 4. The van der Waals surface area contributed by atoms with Crippen molar-refractivity contribution in [2.45, 2.75) is 11.6 Å². The number of amides is 1. The molecule has 4 rings (SSSR count). The van der Waals surface area contributed by atoms with Crippen molar-refractivity contribution in [1.29, 1.82) is 5.26 Å². The Hall–Kier alpha value is -3.31. The molecule has 0 atom stereocenters. The standard InChI is InChI=1S/C18H14N6OS/c19-11-12-5-1-2-6-13(12)20-16(25)9-10-26-18-23-22-17-21-14-7-3-4-8-15(14)24(17)18/h1-8H,9-10H2,(H,20,25)(H,21,22). The second-order valence-corrected chi connectivity index (χ2v) is 6.63. The average molecular weight is 362 g/mol. The highest BCUT2D eigenvalue weighted by Gasteiger charge is 2.13. The maximum atomic E-state index is 12.2. The monoisotopic (exact) mass is 362 g/mol. The van der Waals surface area contributed by atoms with E-state index in [4.69, 9.17) is 5.26 Å². The highest BCUT2D eigenvalue weighted by Crippen LogP contribution is 2.23. The summed E-state index contributed by atoms with van der Waals surface area (Å²) in [6.07, 6.45) is 0.311. The number of imidazole rings is 1. The van der Waals surface area contributed by atoms with Gasteiger partial charge in [0.25, 0.3) is 0 Å². The molecule has 26 heavy (non-hydrogen) atoms. The Labute approximate surface area is 153 Å². The molecule has 0 unspecified atom stereocenters. The van der Waals surface area contributed by atoms with E-state index in [1.165, 1.54) is 11.8 Å². The van der Waals surface area contributed by atoms with E-state index in [0.717, 1.165) is 16.2 Å². The molecule has 0 saturated heterocycles. The summed E-state index contributed by atoms with van der Waals surface area (Å²) in [5.74, 6) is 1.11. The van der Waals surface area contributed by atoms with E-state index in [1.54, 1.807) is 24.3 Å². The molecule has 7 nitrogen and oxygen atoms in total. The second-order valence-electron chi connectivity index (χ2n) is 5.57. The van der Waals surface area contributed by atoms with Gasteiger partial charge in [0.05, 0.1) is 22.3 Å². The zero-order valence-electron chi connectivity index (χ0n) is 13.6. The lowest BCUT2D eigenvalue weighted by Crippen LogP contribution is -2.13. The first kappa shape index (κ1) is 16.2. The van der Waals surface area contributed by atoms with Crippen molar-refractivity contribution in [1.82, 2.24) is 19.6 Å². The largest absolute Gasteiger partial charge is 0.325 e. The van der Waals surface area contributed by atoms with Gasteiger partial charge in [0, 0.05) is 12.2 Å². The third-order valence-corrected chi connectivity index (χ3v) is 4.83. The number of carbonyl (C=O) groups is 1. The van der Waals surface area contributed by atoms with Gasteiger partial charge in [-0.25, -0.2) is 10.1 Å².